The number of para-hydroxylation sites is 5. The second-order valence-corrected chi connectivity index (χ2v) is 15.1. The van der Waals surface area contributed by atoms with Crippen LogP contribution in [0.2, 0.25) is 0 Å². The third kappa shape index (κ3) is 3.79. The van der Waals surface area contributed by atoms with Gasteiger partial charge in [-0.25, -0.2) is 0 Å². The molecule has 4 aromatic heterocycles. The van der Waals surface area contributed by atoms with Crippen LogP contribution in [0.4, 0.5) is 0 Å². The number of hydrogen-bond acceptors (Lipinski definition) is 1. The van der Waals surface area contributed by atoms with E-state index in [1.54, 1.807) is 0 Å². The SMILES string of the molecule is C1=Cc2c(n(-c3ccc4sc5ccc(-n6c7ccccc7c7cccc(-n8c9ccccc9c9ccccc98)c76)cc5c4c3)c3ccccc23)CC1. The van der Waals surface area contributed by atoms with Crippen molar-refractivity contribution in [1.29, 1.82) is 0 Å². The molecule has 0 atom stereocenters. The molecule has 0 amide bonds. The molecule has 0 unspecified atom stereocenters. The molecule has 1 aliphatic carbocycles. The first kappa shape index (κ1) is 28.3. The zero-order valence-corrected chi connectivity index (χ0v) is 29.1. The van der Waals surface area contributed by atoms with E-state index in [-0.39, 0.29) is 0 Å². The molecule has 0 saturated carbocycles. The monoisotopic (exact) mass is 681 g/mol. The normalized spacial score (nSPS) is 13.2. The lowest BCUT2D eigenvalue weighted by atomic mass is 10.0. The van der Waals surface area contributed by atoms with Crippen molar-refractivity contribution in [2.75, 3.05) is 0 Å². The van der Waals surface area contributed by atoms with Crippen molar-refractivity contribution in [2.24, 2.45) is 0 Å². The fourth-order valence-electron chi connectivity index (χ4n) is 9.13. The van der Waals surface area contributed by atoms with Crippen LogP contribution < -0.4 is 0 Å². The van der Waals surface area contributed by atoms with Gasteiger partial charge in [0.05, 0.1) is 33.3 Å². The molecule has 11 aromatic rings. The highest BCUT2D eigenvalue weighted by Gasteiger charge is 2.22. The van der Waals surface area contributed by atoms with Crippen molar-refractivity contribution in [3.8, 4) is 17.1 Å². The molecule has 3 nitrogen and oxygen atoms in total. The van der Waals surface area contributed by atoms with Gasteiger partial charge in [0.15, 0.2) is 0 Å². The molecule has 244 valence electrons. The van der Waals surface area contributed by atoms with E-state index in [2.05, 4.69) is 178 Å². The summed E-state index contributed by atoms with van der Waals surface area (Å²) in [7, 11) is 0. The summed E-state index contributed by atoms with van der Waals surface area (Å²) < 4.78 is 10.1. The van der Waals surface area contributed by atoms with E-state index in [1.165, 1.54) is 103 Å². The first-order valence-corrected chi connectivity index (χ1v) is 18.9. The van der Waals surface area contributed by atoms with Gasteiger partial charge in [0.25, 0.3) is 0 Å². The second-order valence-electron chi connectivity index (χ2n) is 14.0. The number of aromatic nitrogens is 3. The molecule has 0 spiro atoms. The van der Waals surface area contributed by atoms with Crippen molar-refractivity contribution in [3.05, 3.63) is 169 Å². The minimum absolute atomic E-state index is 1.05. The maximum absolute atomic E-state index is 2.51. The van der Waals surface area contributed by atoms with Crippen LogP contribution >= 0.6 is 11.3 Å². The van der Waals surface area contributed by atoms with Gasteiger partial charge in [0.1, 0.15) is 0 Å². The third-order valence-corrected chi connectivity index (χ3v) is 12.4. The van der Waals surface area contributed by atoms with Crippen LogP contribution in [0.1, 0.15) is 17.7 Å². The fourth-order valence-corrected chi connectivity index (χ4v) is 10.2. The Morgan fingerprint density at radius 1 is 0.423 bits per heavy atom. The maximum atomic E-state index is 2.51. The first-order valence-electron chi connectivity index (χ1n) is 18.1. The number of allylic oxidation sites excluding steroid dienone is 1. The summed E-state index contributed by atoms with van der Waals surface area (Å²) in [6, 6.07) is 56.3. The summed E-state index contributed by atoms with van der Waals surface area (Å²) in [5.41, 5.74) is 12.5. The van der Waals surface area contributed by atoms with E-state index in [0.29, 0.717) is 0 Å². The lowest BCUT2D eigenvalue weighted by Crippen LogP contribution is -2.02. The summed E-state index contributed by atoms with van der Waals surface area (Å²) >= 11 is 1.88. The molecule has 0 N–H and O–H groups in total. The average Bonchev–Trinajstić information content (AvgIpc) is 3.94. The number of hydrogen-bond donors (Lipinski definition) is 0. The van der Waals surface area contributed by atoms with Crippen LogP contribution in [-0.2, 0) is 6.42 Å². The van der Waals surface area contributed by atoms with Gasteiger partial charge in [0.2, 0.25) is 0 Å². The lowest BCUT2D eigenvalue weighted by molar-refractivity contribution is 0.889. The minimum Gasteiger partial charge on any atom is -0.313 e. The van der Waals surface area contributed by atoms with Gasteiger partial charge in [-0.05, 0) is 79.6 Å². The molecule has 1 aliphatic rings. The summed E-state index contributed by atoms with van der Waals surface area (Å²) in [5, 5.41) is 8.99. The Bertz CT molecular complexity index is 3250. The van der Waals surface area contributed by atoms with Crippen LogP contribution in [0.25, 0.3) is 97.8 Å². The predicted molar refractivity (Wildman–Crippen MR) is 222 cm³/mol. The molecule has 0 saturated heterocycles. The summed E-state index contributed by atoms with van der Waals surface area (Å²) in [4.78, 5) is 0. The topological polar surface area (TPSA) is 14.8 Å². The van der Waals surface area contributed by atoms with Gasteiger partial charge in [-0.1, -0.05) is 97.1 Å². The molecule has 0 aliphatic heterocycles. The second kappa shape index (κ2) is 10.6. The number of benzene rings is 7. The summed E-state index contributed by atoms with van der Waals surface area (Å²) in [6.45, 7) is 0. The standard InChI is InChI=1S/C48H31N3S/c1-6-18-40-32(12-1)33-13-2-7-19-41(33)49(40)30-24-26-46-38(28-30)39-29-31(25-27-47(39)52-46)50-42-20-8-5-16-36(42)37-17-11-23-45(48(37)50)51-43-21-9-3-14-34(43)35-15-4-10-22-44(35)51/h1-6,8-18,20-29H,7,19H2. The van der Waals surface area contributed by atoms with Gasteiger partial charge >= 0.3 is 0 Å². The van der Waals surface area contributed by atoms with Gasteiger partial charge in [0, 0.05) is 69.7 Å². The minimum atomic E-state index is 1.05. The Balaban J connectivity index is 1.14. The molecule has 12 rings (SSSR count). The van der Waals surface area contributed by atoms with Gasteiger partial charge in [-0.15, -0.1) is 11.3 Å². The van der Waals surface area contributed by atoms with Crippen LogP contribution in [-0.4, -0.2) is 13.7 Å². The predicted octanol–water partition coefficient (Wildman–Crippen LogP) is 13.2. The Kier molecular flexibility index (Phi) is 5.77. The van der Waals surface area contributed by atoms with Crippen molar-refractivity contribution in [2.45, 2.75) is 12.8 Å². The highest BCUT2D eigenvalue weighted by atomic mass is 32.1. The molecule has 4 heterocycles. The zero-order chi connectivity index (χ0) is 33.9. The van der Waals surface area contributed by atoms with E-state index >= 15 is 0 Å². The van der Waals surface area contributed by atoms with Crippen molar-refractivity contribution in [3.63, 3.8) is 0 Å². The van der Waals surface area contributed by atoms with Crippen LogP contribution in [0, 0.1) is 0 Å². The highest BCUT2D eigenvalue weighted by Crippen LogP contribution is 2.42. The Morgan fingerprint density at radius 3 is 1.60 bits per heavy atom. The molecular weight excluding hydrogens is 651 g/mol. The average molecular weight is 682 g/mol. The van der Waals surface area contributed by atoms with Crippen molar-refractivity contribution < 1.29 is 0 Å². The van der Waals surface area contributed by atoms with E-state index in [1.807, 2.05) is 11.3 Å². The van der Waals surface area contributed by atoms with Gasteiger partial charge in [-0.2, -0.15) is 0 Å². The van der Waals surface area contributed by atoms with Crippen LogP contribution in [0.3, 0.4) is 0 Å². The van der Waals surface area contributed by atoms with Crippen LogP contribution in [0.5, 0.6) is 0 Å². The fraction of sp³-hybridized carbons (Fsp3) is 0.0417. The molecular formula is C48H31N3S. The number of rotatable bonds is 3. The van der Waals surface area contributed by atoms with E-state index in [4.69, 9.17) is 0 Å². The van der Waals surface area contributed by atoms with Crippen molar-refractivity contribution >= 4 is 92.1 Å². The highest BCUT2D eigenvalue weighted by molar-refractivity contribution is 7.25. The Morgan fingerprint density at radius 2 is 0.942 bits per heavy atom. The molecule has 0 bridgehead atoms. The molecule has 52 heavy (non-hydrogen) atoms. The van der Waals surface area contributed by atoms with Gasteiger partial charge in [-0.3, -0.25) is 0 Å². The number of nitrogens with zero attached hydrogens (tertiary/aromatic N) is 3. The molecule has 4 heteroatoms. The molecule has 0 fully saturated rings. The van der Waals surface area contributed by atoms with Crippen LogP contribution in [0.15, 0.2) is 158 Å². The summed E-state index contributed by atoms with van der Waals surface area (Å²) in [5.74, 6) is 0. The van der Waals surface area contributed by atoms with Crippen molar-refractivity contribution in [1.82, 2.24) is 13.7 Å². The maximum Gasteiger partial charge on any atom is 0.0782 e. The first-order chi connectivity index (χ1) is 25.8. The van der Waals surface area contributed by atoms with E-state index in [0.717, 1.165) is 12.8 Å². The van der Waals surface area contributed by atoms with E-state index in [9.17, 15) is 0 Å². The lowest BCUT2D eigenvalue weighted by Gasteiger charge is -2.15. The molecule has 0 radical (unpaired) electrons. The zero-order valence-electron chi connectivity index (χ0n) is 28.3. The number of fused-ring (bicyclic) bond motifs is 12. The van der Waals surface area contributed by atoms with E-state index < -0.39 is 0 Å². The van der Waals surface area contributed by atoms with Gasteiger partial charge < -0.3 is 13.7 Å². The quantitative estimate of drug-likeness (QED) is 0.176. The largest absolute Gasteiger partial charge is 0.313 e. The summed E-state index contributed by atoms with van der Waals surface area (Å²) in [6.07, 6.45) is 6.76. The third-order valence-electron chi connectivity index (χ3n) is 11.3. The number of thiophene rings is 1. The smallest absolute Gasteiger partial charge is 0.0782 e. The Hall–Kier alpha value is -6.36. The molecule has 7 aromatic carbocycles. The Labute approximate surface area is 303 Å².